The van der Waals surface area contributed by atoms with E-state index in [0.29, 0.717) is 26.1 Å². The Morgan fingerprint density at radius 2 is 2.00 bits per heavy atom. The van der Waals surface area contributed by atoms with Gasteiger partial charge in [0, 0.05) is 26.0 Å². The van der Waals surface area contributed by atoms with Gasteiger partial charge in [0.15, 0.2) is 5.69 Å². The van der Waals surface area contributed by atoms with E-state index in [1.54, 1.807) is 0 Å². The normalized spacial score (nSPS) is 17.3. The Bertz CT molecular complexity index is 434. The lowest BCUT2D eigenvalue weighted by Gasteiger charge is -2.23. The molecule has 1 saturated heterocycles. The molecule has 5 nitrogen and oxygen atoms in total. The first-order chi connectivity index (χ1) is 8.99. The Kier molecular flexibility index (Phi) is 4.08. The molecule has 1 aromatic rings. The topological polar surface area (TPSA) is 56.3 Å². The fourth-order valence-corrected chi connectivity index (χ4v) is 1.71. The first-order valence-corrected chi connectivity index (χ1v) is 5.87. The van der Waals surface area contributed by atoms with Crippen molar-refractivity contribution in [3.05, 3.63) is 11.8 Å². The lowest BCUT2D eigenvalue weighted by atomic mass is 10.1. The van der Waals surface area contributed by atoms with Crippen LogP contribution in [0, 0.1) is 0 Å². The van der Waals surface area contributed by atoms with E-state index in [0.717, 1.165) is 6.07 Å². The fourth-order valence-electron chi connectivity index (χ4n) is 1.71. The summed E-state index contributed by atoms with van der Waals surface area (Å²) in [6.45, 7) is 1.08. The number of anilines is 1. The molecular formula is C11H14F3N3O2. The summed E-state index contributed by atoms with van der Waals surface area (Å²) in [4.78, 5) is 7.24. The van der Waals surface area contributed by atoms with Gasteiger partial charge in [0.05, 0.1) is 13.2 Å². The van der Waals surface area contributed by atoms with Crippen molar-refractivity contribution in [3.63, 3.8) is 0 Å². The van der Waals surface area contributed by atoms with Crippen molar-refractivity contribution in [1.29, 1.82) is 0 Å². The van der Waals surface area contributed by atoms with Gasteiger partial charge in [-0.15, -0.1) is 0 Å². The molecular weight excluding hydrogens is 263 g/mol. The molecule has 0 radical (unpaired) electrons. The third kappa shape index (κ3) is 3.69. The lowest BCUT2D eigenvalue weighted by molar-refractivity contribution is -0.141. The molecule has 1 N–H and O–H groups in total. The van der Waals surface area contributed by atoms with Gasteiger partial charge in [-0.2, -0.15) is 18.2 Å². The van der Waals surface area contributed by atoms with E-state index in [-0.39, 0.29) is 17.9 Å². The van der Waals surface area contributed by atoms with E-state index in [1.165, 1.54) is 7.05 Å². The summed E-state index contributed by atoms with van der Waals surface area (Å²) < 4.78 is 48.6. The van der Waals surface area contributed by atoms with Gasteiger partial charge in [0.25, 0.3) is 0 Å². The van der Waals surface area contributed by atoms with Crippen molar-refractivity contribution in [2.24, 2.45) is 0 Å². The van der Waals surface area contributed by atoms with Crippen LogP contribution in [0.1, 0.15) is 18.5 Å². The zero-order valence-corrected chi connectivity index (χ0v) is 10.3. The number of halogens is 3. The number of alkyl halides is 3. The maximum absolute atomic E-state index is 12.7. The smallest absolute Gasteiger partial charge is 0.433 e. The number of ether oxygens (including phenoxy) is 2. The first-order valence-electron chi connectivity index (χ1n) is 5.87. The Labute approximate surface area is 108 Å². The van der Waals surface area contributed by atoms with E-state index in [2.05, 4.69) is 15.3 Å². The van der Waals surface area contributed by atoms with E-state index >= 15 is 0 Å². The second-order valence-corrected chi connectivity index (χ2v) is 4.09. The van der Waals surface area contributed by atoms with Crippen LogP contribution in [0.2, 0.25) is 0 Å². The number of aromatic nitrogens is 2. The predicted molar refractivity (Wildman–Crippen MR) is 61.0 cm³/mol. The van der Waals surface area contributed by atoms with Crippen LogP contribution >= 0.6 is 0 Å². The summed E-state index contributed by atoms with van der Waals surface area (Å²) in [6.07, 6.45) is -3.42. The number of hydrogen-bond acceptors (Lipinski definition) is 5. The average molecular weight is 277 g/mol. The number of nitrogens with zero attached hydrogens (tertiary/aromatic N) is 2. The summed E-state index contributed by atoms with van der Waals surface area (Å²) in [6, 6.07) is 0.816. The molecule has 1 aromatic heterocycles. The Balaban J connectivity index is 2.19. The first kappa shape index (κ1) is 13.9. The van der Waals surface area contributed by atoms with Crippen LogP contribution in [0.25, 0.3) is 0 Å². The molecule has 1 aliphatic rings. The monoisotopic (exact) mass is 277 g/mol. The zero-order chi connectivity index (χ0) is 13.9. The number of nitrogens with one attached hydrogen (secondary N) is 1. The van der Waals surface area contributed by atoms with Crippen molar-refractivity contribution in [3.8, 4) is 5.88 Å². The van der Waals surface area contributed by atoms with Crippen LogP contribution in [0.5, 0.6) is 5.88 Å². The molecule has 0 bridgehead atoms. The van der Waals surface area contributed by atoms with Gasteiger partial charge in [0.1, 0.15) is 6.10 Å². The summed E-state index contributed by atoms with van der Waals surface area (Å²) >= 11 is 0. The van der Waals surface area contributed by atoms with Gasteiger partial charge in [0.2, 0.25) is 11.8 Å². The van der Waals surface area contributed by atoms with Crippen molar-refractivity contribution in [2.75, 3.05) is 25.6 Å². The van der Waals surface area contributed by atoms with Gasteiger partial charge >= 0.3 is 6.18 Å². The number of hydrogen-bond donors (Lipinski definition) is 1. The average Bonchev–Trinajstić information content (AvgIpc) is 2.38. The second-order valence-electron chi connectivity index (χ2n) is 4.09. The number of rotatable bonds is 3. The summed E-state index contributed by atoms with van der Waals surface area (Å²) in [5.41, 5.74) is -1.02. The summed E-state index contributed by atoms with van der Waals surface area (Å²) in [5, 5.41) is 2.49. The summed E-state index contributed by atoms with van der Waals surface area (Å²) in [5.74, 6) is -0.185. The van der Waals surface area contributed by atoms with Gasteiger partial charge in [-0.3, -0.25) is 0 Å². The Morgan fingerprint density at radius 3 is 2.58 bits per heavy atom. The highest BCUT2D eigenvalue weighted by Crippen LogP contribution is 2.30. The molecule has 1 fully saturated rings. The highest BCUT2D eigenvalue weighted by molar-refractivity contribution is 5.31. The third-order valence-corrected chi connectivity index (χ3v) is 2.67. The Hall–Kier alpha value is -1.57. The lowest BCUT2D eigenvalue weighted by Crippen LogP contribution is -2.26. The van der Waals surface area contributed by atoms with Crippen LogP contribution in [0.3, 0.4) is 0 Å². The van der Waals surface area contributed by atoms with E-state index in [4.69, 9.17) is 9.47 Å². The minimum Gasteiger partial charge on any atom is -0.474 e. The third-order valence-electron chi connectivity index (χ3n) is 2.67. The highest BCUT2D eigenvalue weighted by atomic mass is 19.4. The van der Waals surface area contributed by atoms with E-state index in [9.17, 15) is 13.2 Å². The van der Waals surface area contributed by atoms with Crippen LogP contribution in [-0.4, -0.2) is 36.3 Å². The minimum absolute atomic E-state index is 0.0708. The quantitative estimate of drug-likeness (QED) is 0.917. The van der Waals surface area contributed by atoms with Crippen LogP contribution in [0.15, 0.2) is 6.07 Å². The maximum atomic E-state index is 12.7. The molecule has 0 aliphatic carbocycles. The molecule has 0 atom stereocenters. The fraction of sp³-hybridized carbons (Fsp3) is 0.636. The molecule has 0 saturated carbocycles. The van der Waals surface area contributed by atoms with Gasteiger partial charge in [-0.05, 0) is 0 Å². The molecule has 8 heteroatoms. The van der Waals surface area contributed by atoms with E-state index in [1.807, 2.05) is 0 Å². The van der Waals surface area contributed by atoms with E-state index < -0.39 is 11.9 Å². The molecule has 2 heterocycles. The van der Waals surface area contributed by atoms with Crippen molar-refractivity contribution in [1.82, 2.24) is 9.97 Å². The molecule has 2 rings (SSSR count). The molecule has 0 aromatic carbocycles. The molecule has 0 unspecified atom stereocenters. The van der Waals surface area contributed by atoms with Gasteiger partial charge in [-0.1, -0.05) is 0 Å². The van der Waals surface area contributed by atoms with Crippen LogP contribution < -0.4 is 10.1 Å². The highest BCUT2D eigenvalue weighted by Gasteiger charge is 2.34. The molecule has 0 spiro atoms. The maximum Gasteiger partial charge on any atom is 0.433 e. The minimum atomic E-state index is -4.53. The van der Waals surface area contributed by atoms with Crippen molar-refractivity contribution < 1.29 is 22.6 Å². The van der Waals surface area contributed by atoms with Crippen molar-refractivity contribution in [2.45, 2.75) is 25.1 Å². The molecule has 1 aliphatic heterocycles. The standard InChI is InChI=1S/C11H14F3N3O2/c1-15-10-16-8(11(12,13)14)6-9(17-10)19-7-2-4-18-5-3-7/h6-7H,2-5H2,1H3,(H,15,16,17). The largest absolute Gasteiger partial charge is 0.474 e. The van der Waals surface area contributed by atoms with Gasteiger partial charge in [-0.25, -0.2) is 4.98 Å². The zero-order valence-electron chi connectivity index (χ0n) is 10.3. The summed E-state index contributed by atoms with van der Waals surface area (Å²) in [7, 11) is 1.45. The molecule has 0 amide bonds. The second kappa shape index (κ2) is 5.60. The Morgan fingerprint density at radius 1 is 1.32 bits per heavy atom. The molecule has 19 heavy (non-hydrogen) atoms. The van der Waals surface area contributed by atoms with Crippen LogP contribution in [0.4, 0.5) is 19.1 Å². The van der Waals surface area contributed by atoms with Crippen LogP contribution in [-0.2, 0) is 10.9 Å². The molecule has 106 valence electrons. The predicted octanol–water partition coefficient (Wildman–Crippen LogP) is 2.09. The SMILES string of the molecule is CNc1nc(OC2CCOCC2)cc(C(F)(F)F)n1. The van der Waals surface area contributed by atoms with Crippen molar-refractivity contribution >= 4 is 5.95 Å². The van der Waals surface area contributed by atoms with Gasteiger partial charge < -0.3 is 14.8 Å².